The third-order valence-electron chi connectivity index (χ3n) is 2.85. The van der Waals surface area contributed by atoms with Crippen molar-refractivity contribution >= 4 is 17.6 Å². The average Bonchev–Trinajstić information content (AvgIpc) is 2.38. The van der Waals surface area contributed by atoms with Crippen molar-refractivity contribution in [1.29, 1.82) is 0 Å². The molecule has 0 fully saturated rings. The molecule has 0 heterocycles. The SMILES string of the molecule is CC(C(=O)c1ccc(F)c(F)c1)N(CC(N)=O)CC(N)=O. The summed E-state index contributed by atoms with van der Waals surface area (Å²) in [5.41, 5.74) is 9.99. The van der Waals surface area contributed by atoms with Gasteiger partial charge in [0.2, 0.25) is 11.8 Å². The molecule has 1 aromatic rings. The van der Waals surface area contributed by atoms with Crippen LogP contribution >= 0.6 is 0 Å². The number of carbonyl (C=O) groups excluding carboxylic acids is 3. The molecule has 0 bridgehead atoms. The van der Waals surface area contributed by atoms with Crippen molar-refractivity contribution < 1.29 is 23.2 Å². The Morgan fingerprint density at radius 2 is 1.62 bits per heavy atom. The lowest BCUT2D eigenvalue weighted by Gasteiger charge is -2.25. The van der Waals surface area contributed by atoms with E-state index in [2.05, 4.69) is 0 Å². The van der Waals surface area contributed by atoms with E-state index in [0.29, 0.717) is 0 Å². The predicted molar refractivity (Wildman–Crippen MR) is 70.1 cm³/mol. The quantitative estimate of drug-likeness (QED) is 0.680. The van der Waals surface area contributed by atoms with Crippen molar-refractivity contribution in [2.75, 3.05) is 13.1 Å². The number of primary amides is 2. The lowest BCUT2D eigenvalue weighted by molar-refractivity contribution is -0.122. The first kappa shape index (κ1) is 16.7. The molecule has 0 saturated heterocycles. The van der Waals surface area contributed by atoms with E-state index >= 15 is 0 Å². The van der Waals surface area contributed by atoms with Crippen LogP contribution in [0.2, 0.25) is 0 Å². The average molecular weight is 299 g/mol. The molecule has 0 aliphatic heterocycles. The molecule has 6 nitrogen and oxygen atoms in total. The highest BCUT2D eigenvalue weighted by Crippen LogP contribution is 2.13. The van der Waals surface area contributed by atoms with E-state index in [1.807, 2.05) is 0 Å². The standard InChI is InChI=1S/C13H15F2N3O3/c1-7(18(5-11(16)19)6-12(17)20)13(21)8-2-3-9(14)10(15)4-8/h2-4,7H,5-6H2,1H3,(H2,16,19)(H2,17,20). The van der Waals surface area contributed by atoms with Gasteiger partial charge in [-0.25, -0.2) is 8.78 Å². The van der Waals surface area contributed by atoms with E-state index < -0.39 is 35.3 Å². The van der Waals surface area contributed by atoms with Gasteiger partial charge in [0, 0.05) is 5.56 Å². The van der Waals surface area contributed by atoms with E-state index in [0.717, 1.165) is 23.1 Å². The summed E-state index contributed by atoms with van der Waals surface area (Å²) >= 11 is 0. The minimum absolute atomic E-state index is 0.0830. The first-order valence-corrected chi connectivity index (χ1v) is 6.02. The number of benzene rings is 1. The predicted octanol–water partition coefficient (Wildman–Crippen LogP) is -0.191. The van der Waals surface area contributed by atoms with Crippen LogP contribution in [0.15, 0.2) is 18.2 Å². The van der Waals surface area contributed by atoms with Gasteiger partial charge in [0.15, 0.2) is 17.4 Å². The first-order chi connectivity index (χ1) is 9.72. The molecule has 0 aliphatic rings. The maximum absolute atomic E-state index is 13.1. The van der Waals surface area contributed by atoms with Crippen LogP contribution in [0.5, 0.6) is 0 Å². The van der Waals surface area contributed by atoms with Gasteiger partial charge in [-0.2, -0.15) is 0 Å². The molecule has 21 heavy (non-hydrogen) atoms. The number of nitrogens with two attached hydrogens (primary N) is 2. The van der Waals surface area contributed by atoms with E-state index in [4.69, 9.17) is 11.5 Å². The third-order valence-corrected chi connectivity index (χ3v) is 2.85. The summed E-state index contributed by atoms with van der Waals surface area (Å²) in [6.07, 6.45) is 0. The van der Waals surface area contributed by atoms with Gasteiger partial charge < -0.3 is 11.5 Å². The summed E-state index contributed by atoms with van der Waals surface area (Å²) in [6.45, 7) is 0.689. The van der Waals surface area contributed by atoms with Crippen molar-refractivity contribution in [3.8, 4) is 0 Å². The zero-order valence-corrected chi connectivity index (χ0v) is 11.3. The second-order valence-corrected chi connectivity index (χ2v) is 4.51. The minimum atomic E-state index is -1.16. The number of hydrogen-bond donors (Lipinski definition) is 2. The number of rotatable bonds is 7. The second kappa shape index (κ2) is 6.89. The Kier molecular flexibility index (Phi) is 5.48. The number of hydrogen-bond acceptors (Lipinski definition) is 4. The molecule has 1 unspecified atom stereocenters. The zero-order valence-electron chi connectivity index (χ0n) is 11.3. The molecule has 0 aliphatic carbocycles. The highest BCUT2D eigenvalue weighted by Gasteiger charge is 2.25. The molecular formula is C13H15F2N3O3. The molecule has 1 aromatic carbocycles. The fourth-order valence-corrected chi connectivity index (χ4v) is 1.79. The lowest BCUT2D eigenvalue weighted by Crippen LogP contribution is -2.47. The molecule has 8 heteroatoms. The number of carbonyl (C=O) groups is 3. The van der Waals surface area contributed by atoms with Crippen LogP contribution in [-0.4, -0.2) is 41.6 Å². The summed E-state index contributed by atoms with van der Waals surface area (Å²) < 4.78 is 26.0. The van der Waals surface area contributed by atoms with Crippen LogP contribution in [0.25, 0.3) is 0 Å². The fraction of sp³-hybridized carbons (Fsp3) is 0.308. The Morgan fingerprint density at radius 1 is 1.10 bits per heavy atom. The number of halogens is 2. The summed E-state index contributed by atoms with van der Waals surface area (Å²) in [4.78, 5) is 35.3. The van der Waals surface area contributed by atoms with Crippen LogP contribution in [0.4, 0.5) is 8.78 Å². The highest BCUT2D eigenvalue weighted by molar-refractivity contribution is 6.00. The summed E-state index contributed by atoms with van der Waals surface area (Å²) in [5, 5.41) is 0. The Bertz CT molecular complexity index is 562. The molecule has 0 saturated carbocycles. The van der Waals surface area contributed by atoms with Gasteiger partial charge >= 0.3 is 0 Å². The van der Waals surface area contributed by atoms with Crippen molar-refractivity contribution in [1.82, 2.24) is 4.90 Å². The van der Waals surface area contributed by atoms with E-state index in [-0.39, 0.29) is 18.7 Å². The van der Waals surface area contributed by atoms with Crippen LogP contribution in [0.1, 0.15) is 17.3 Å². The van der Waals surface area contributed by atoms with Crippen LogP contribution < -0.4 is 11.5 Å². The maximum Gasteiger partial charge on any atom is 0.231 e. The molecule has 2 amide bonds. The lowest BCUT2D eigenvalue weighted by atomic mass is 10.0. The molecular weight excluding hydrogens is 284 g/mol. The van der Waals surface area contributed by atoms with Gasteiger partial charge in [-0.1, -0.05) is 0 Å². The summed E-state index contributed by atoms with van der Waals surface area (Å²) in [6, 6.07) is 1.74. The largest absolute Gasteiger partial charge is 0.369 e. The smallest absolute Gasteiger partial charge is 0.231 e. The van der Waals surface area contributed by atoms with Crippen LogP contribution in [-0.2, 0) is 9.59 Å². The summed E-state index contributed by atoms with van der Waals surface area (Å²) in [7, 11) is 0. The van der Waals surface area contributed by atoms with Gasteiger partial charge in [0.1, 0.15) is 0 Å². The zero-order chi connectivity index (χ0) is 16.2. The third kappa shape index (κ3) is 4.60. The van der Waals surface area contributed by atoms with Crippen molar-refractivity contribution in [2.45, 2.75) is 13.0 Å². The van der Waals surface area contributed by atoms with E-state index in [9.17, 15) is 23.2 Å². The summed E-state index contributed by atoms with van der Waals surface area (Å²) in [5.74, 6) is -4.33. The normalized spacial score (nSPS) is 12.2. The van der Waals surface area contributed by atoms with E-state index in [1.54, 1.807) is 0 Å². The minimum Gasteiger partial charge on any atom is -0.369 e. The van der Waals surface area contributed by atoms with Crippen LogP contribution in [0, 0.1) is 11.6 Å². The van der Waals surface area contributed by atoms with Gasteiger partial charge in [-0.15, -0.1) is 0 Å². The maximum atomic E-state index is 13.1. The molecule has 114 valence electrons. The Hall–Kier alpha value is -2.35. The van der Waals surface area contributed by atoms with Crippen molar-refractivity contribution in [2.24, 2.45) is 11.5 Å². The molecule has 0 spiro atoms. The number of nitrogens with zero attached hydrogens (tertiary/aromatic N) is 1. The molecule has 0 aromatic heterocycles. The Morgan fingerprint density at radius 3 is 2.05 bits per heavy atom. The monoisotopic (exact) mass is 299 g/mol. The van der Waals surface area contributed by atoms with Gasteiger partial charge in [-0.05, 0) is 25.1 Å². The Labute approximate surface area is 119 Å². The van der Waals surface area contributed by atoms with Crippen molar-refractivity contribution in [3.63, 3.8) is 0 Å². The van der Waals surface area contributed by atoms with Crippen LogP contribution in [0.3, 0.4) is 0 Å². The van der Waals surface area contributed by atoms with Crippen molar-refractivity contribution in [3.05, 3.63) is 35.4 Å². The fourth-order valence-electron chi connectivity index (χ4n) is 1.79. The molecule has 1 atom stereocenters. The highest BCUT2D eigenvalue weighted by atomic mass is 19.2. The van der Waals surface area contributed by atoms with Gasteiger partial charge in [-0.3, -0.25) is 19.3 Å². The van der Waals surface area contributed by atoms with Gasteiger partial charge in [0.25, 0.3) is 0 Å². The van der Waals surface area contributed by atoms with Gasteiger partial charge in [0.05, 0.1) is 19.1 Å². The molecule has 1 rings (SSSR count). The topological polar surface area (TPSA) is 106 Å². The first-order valence-electron chi connectivity index (χ1n) is 6.02. The molecule has 4 N–H and O–H groups in total. The van der Waals surface area contributed by atoms with E-state index in [1.165, 1.54) is 6.92 Å². The Balaban J connectivity index is 2.97. The number of Topliss-reactive ketones (excluding diaryl/α,β-unsaturated/α-hetero) is 1. The number of ketones is 1. The molecule has 0 radical (unpaired) electrons. The number of amides is 2. The second-order valence-electron chi connectivity index (χ2n) is 4.51.